The summed E-state index contributed by atoms with van der Waals surface area (Å²) in [6.45, 7) is 4.01. The molecule has 0 spiro atoms. The van der Waals surface area contributed by atoms with Gasteiger partial charge < -0.3 is 4.90 Å². The minimum Gasteiger partial charge on any atom is -0.314 e. The molecule has 3 aromatic heterocycles. The number of nitrogens with zero attached hydrogens (tertiary/aromatic N) is 8. The van der Waals surface area contributed by atoms with Gasteiger partial charge in [0.25, 0.3) is 0 Å². The van der Waals surface area contributed by atoms with Crippen LogP contribution < -0.4 is 4.90 Å². The molecule has 0 N–H and O–H groups in total. The number of aryl methyl sites for hydroxylation is 1. The van der Waals surface area contributed by atoms with Gasteiger partial charge in [0.15, 0.2) is 17.5 Å². The van der Waals surface area contributed by atoms with Crippen molar-refractivity contribution >= 4 is 23.0 Å². The quantitative estimate of drug-likeness (QED) is 0.313. The SMILES string of the molecule is CCC1c2nnc(C)n2-c2cnc(-c3cnsc3-c3ccc(F)cc3)nc2N1c1ccc(C#N)cc1. The van der Waals surface area contributed by atoms with Crippen molar-refractivity contribution in [1.29, 1.82) is 5.26 Å². The van der Waals surface area contributed by atoms with Gasteiger partial charge in [0, 0.05) is 5.69 Å². The predicted octanol–water partition coefficient (Wildman–Crippen LogP) is 5.77. The molecule has 1 atom stereocenters. The lowest BCUT2D eigenvalue weighted by Gasteiger charge is -2.37. The summed E-state index contributed by atoms with van der Waals surface area (Å²) in [6, 6.07) is 15.8. The number of aromatic nitrogens is 6. The fourth-order valence-electron chi connectivity index (χ4n) is 4.56. The number of hydrogen-bond acceptors (Lipinski definition) is 8. The second-order valence-electron chi connectivity index (χ2n) is 8.37. The lowest BCUT2D eigenvalue weighted by molar-refractivity contribution is 0.588. The van der Waals surface area contributed by atoms with Crippen molar-refractivity contribution < 1.29 is 4.39 Å². The van der Waals surface area contributed by atoms with E-state index in [1.165, 1.54) is 23.7 Å². The molecule has 0 bridgehead atoms. The second kappa shape index (κ2) is 8.62. The van der Waals surface area contributed by atoms with Crippen molar-refractivity contribution in [3.8, 4) is 33.6 Å². The third kappa shape index (κ3) is 3.44. The van der Waals surface area contributed by atoms with E-state index >= 15 is 0 Å². The van der Waals surface area contributed by atoms with Crippen molar-refractivity contribution in [2.24, 2.45) is 0 Å². The van der Waals surface area contributed by atoms with Crippen LogP contribution in [0.25, 0.3) is 27.5 Å². The van der Waals surface area contributed by atoms with Crippen LogP contribution in [0.15, 0.2) is 60.9 Å². The highest BCUT2D eigenvalue weighted by Crippen LogP contribution is 2.44. The first kappa shape index (κ1) is 22.0. The first-order valence-corrected chi connectivity index (χ1v) is 12.2. The molecule has 0 amide bonds. The molecule has 0 saturated carbocycles. The van der Waals surface area contributed by atoms with E-state index in [-0.39, 0.29) is 11.9 Å². The molecule has 1 unspecified atom stereocenters. The fourth-order valence-corrected chi connectivity index (χ4v) is 5.31. The van der Waals surface area contributed by atoms with Gasteiger partial charge in [-0.2, -0.15) is 9.64 Å². The van der Waals surface area contributed by atoms with E-state index in [0.717, 1.165) is 45.4 Å². The lowest BCUT2D eigenvalue weighted by Crippen LogP contribution is -2.32. The molecule has 6 rings (SSSR count). The van der Waals surface area contributed by atoms with E-state index < -0.39 is 0 Å². The molecule has 0 fully saturated rings. The zero-order chi connectivity index (χ0) is 24.8. The Morgan fingerprint density at radius 2 is 1.83 bits per heavy atom. The number of rotatable bonds is 4. The maximum absolute atomic E-state index is 13.5. The van der Waals surface area contributed by atoms with Gasteiger partial charge >= 0.3 is 0 Å². The van der Waals surface area contributed by atoms with Crippen molar-refractivity contribution in [2.75, 3.05) is 4.90 Å². The van der Waals surface area contributed by atoms with Crippen LogP contribution in [-0.4, -0.2) is 29.1 Å². The smallest absolute Gasteiger partial charge is 0.164 e. The summed E-state index contributed by atoms with van der Waals surface area (Å²) in [5.41, 5.74) is 3.87. The van der Waals surface area contributed by atoms with Crippen LogP contribution in [0.1, 0.15) is 36.6 Å². The standard InChI is InChI=1S/C26H19FN8S/c1-3-21-26-33-32-15(2)34(26)22-14-29-24(20-13-30-36-23(20)17-6-8-18(27)9-7-17)31-25(22)35(21)19-10-4-16(12-28)5-11-19/h4-11,13-14,21H,3H2,1-2H3. The first-order valence-electron chi connectivity index (χ1n) is 11.4. The molecule has 4 heterocycles. The van der Waals surface area contributed by atoms with E-state index in [1.807, 2.05) is 23.6 Å². The number of halogens is 1. The Labute approximate surface area is 210 Å². The summed E-state index contributed by atoms with van der Waals surface area (Å²) in [5.74, 6) is 2.50. The maximum Gasteiger partial charge on any atom is 0.164 e. The molecular weight excluding hydrogens is 475 g/mol. The molecule has 0 saturated heterocycles. The van der Waals surface area contributed by atoms with Gasteiger partial charge in [-0.1, -0.05) is 19.1 Å². The van der Waals surface area contributed by atoms with Crippen LogP contribution in [-0.2, 0) is 0 Å². The molecule has 8 nitrogen and oxygen atoms in total. The van der Waals surface area contributed by atoms with E-state index in [0.29, 0.717) is 17.2 Å². The van der Waals surface area contributed by atoms with Crippen LogP contribution in [0.2, 0.25) is 0 Å². The van der Waals surface area contributed by atoms with Gasteiger partial charge in [-0.15, -0.1) is 10.2 Å². The van der Waals surface area contributed by atoms with Gasteiger partial charge in [-0.3, -0.25) is 4.57 Å². The second-order valence-corrected chi connectivity index (χ2v) is 9.17. The van der Waals surface area contributed by atoms with Crippen molar-refractivity contribution in [3.05, 3.63) is 84.0 Å². The van der Waals surface area contributed by atoms with Crippen molar-refractivity contribution in [1.82, 2.24) is 29.1 Å². The number of benzene rings is 2. The number of hydrogen-bond donors (Lipinski definition) is 0. The largest absolute Gasteiger partial charge is 0.314 e. The van der Waals surface area contributed by atoms with Crippen molar-refractivity contribution in [3.63, 3.8) is 0 Å². The molecule has 10 heteroatoms. The highest BCUT2D eigenvalue weighted by Gasteiger charge is 2.36. The number of fused-ring (bicyclic) bond motifs is 3. The molecular formula is C26H19FN8S. The van der Waals surface area contributed by atoms with E-state index in [1.54, 1.807) is 36.7 Å². The zero-order valence-electron chi connectivity index (χ0n) is 19.4. The Kier molecular flexibility index (Phi) is 5.27. The summed E-state index contributed by atoms with van der Waals surface area (Å²) in [6.07, 6.45) is 4.29. The Bertz CT molecular complexity index is 1620. The van der Waals surface area contributed by atoms with E-state index in [2.05, 4.69) is 32.5 Å². The minimum atomic E-state index is -0.293. The summed E-state index contributed by atoms with van der Waals surface area (Å²) in [7, 11) is 0. The molecule has 1 aliphatic heterocycles. The Morgan fingerprint density at radius 3 is 2.56 bits per heavy atom. The topological polar surface area (TPSA) is 96.4 Å². The van der Waals surface area contributed by atoms with Crippen LogP contribution in [0.3, 0.4) is 0 Å². The monoisotopic (exact) mass is 494 g/mol. The van der Waals surface area contributed by atoms with Crippen LogP contribution in [0.5, 0.6) is 0 Å². The highest BCUT2D eigenvalue weighted by molar-refractivity contribution is 7.10. The molecule has 1 aliphatic rings. The molecule has 5 aromatic rings. The summed E-state index contributed by atoms with van der Waals surface area (Å²) in [4.78, 5) is 12.7. The minimum absolute atomic E-state index is 0.119. The molecule has 36 heavy (non-hydrogen) atoms. The van der Waals surface area contributed by atoms with Gasteiger partial charge in [0.2, 0.25) is 0 Å². The Balaban J connectivity index is 1.55. The van der Waals surface area contributed by atoms with Gasteiger partial charge in [0.05, 0.1) is 40.5 Å². The summed E-state index contributed by atoms with van der Waals surface area (Å²) >= 11 is 1.32. The third-order valence-electron chi connectivity index (χ3n) is 6.26. The van der Waals surface area contributed by atoms with Crippen LogP contribution in [0, 0.1) is 24.1 Å². The normalized spacial score (nSPS) is 14.3. The van der Waals surface area contributed by atoms with Crippen molar-refractivity contribution in [2.45, 2.75) is 26.3 Å². The average Bonchev–Trinajstić information content (AvgIpc) is 3.55. The maximum atomic E-state index is 13.5. The Hall–Kier alpha value is -4.49. The summed E-state index contributed by atoms with van der Waals surface area (Å²) in [5, 5.41) is 18.1. The first-order chi connectivity index (χ1) is 17.6. The van der Waals surface area contributed by atoms with Crippen LogP contribution >= 0.6 is 11.5 Å². The van der Waals surface area contributed by atoms with E-state index in [9.17, 15) is 9.65 Å². The van der Waals surface area contributed by atoms with E-state index in [4.69, 9.17) is 9.97 Å². The fraction of sp³-hybridized carbons (Fsp3) is 0.154. The van der Waals surface area contributed by atoms with Gasteiger partial charge in [-0.25, -0.2) is 14.4 Å². The lowest BCUT2D eigenvalue weighted by atomic mass is 10.1. The van der Waals surface area contributed by atoms with Gasteiger partial charge in [0.1, 0.15) is 17.3 Å². The third-order valence-corrected chi connectivity index (χ3v) is 7.11. The molecule has 2 aromatic carbocycles. The zero-order valence-corrected chi connectivity index (χ0v) is 20.2. The number of anilines is 2. The average molecular weight is 495 g/mol. The molecule has 176 valence electrons. The van der Waals surface area contributed by atoms with Crippen LogP contribution in [0.4, 0.5) is 15.9 Å². The summed E-state index contributed by atoms with van der Waals surface area (Å²) < 4.78 is 19.9. The van der Waals surface area contributed by atoms with Gasteiger partial charge in [-0.05, 0) is 66.8 Å². The molecule has 0 radical (unpaired) electrons. The Morgan fingerprint density at radius 1 is 1.06 bits per heavy atom. The molecule has 0 aliphatic carbocycles. The number of nitriles is 1. The predicted molar refractivity (Wildman–Crippen MR) is 135 cm³/mol. The highest BCUT2D eigenvalue weighted by atomic mass is 32.1.